The molecular formula is C8H8ClN3O. The first-order chi connectivity index (χ1) is 6.20. The summed E-state index contributed by atoms with van der Waals surface area (Å²) in [5, 5.41) is 0.299. The first kappa shape index (κ1) is 9.70. The number of rotatable bonds is 2. The van der Waals surface area contributed by atoms with Gasteiger partial charge in [0.05, 0.1) is 16.3 Å². The fourth-order valence-corrected chi connectivity index (χ4v) is 1.20. The number of aliphatic imine (C=N–C) groups is 1. The minimum atomic E-state index is -0.479. The Morgan fingerprint density at radius 3 is 2.85 bits per heavy atom. The van der Waals surface area contributed by atoms with Gasteiger partial charge in [-0.2, -0.15) is 0 Å². The van der Waals surface area contributed by atoms with Gasteiger partial charge < -0.3 is 0 Å². The van der Waals surface area contributed by atoms with Crippen molar-refractivity contribution in [2.24, 2.45) is 10.8 Å². The fraction of sp³-hybridized carbons (Fsp3) is 0. The Hall–Kier alpha value is -1.39. The third-order valence-electron chi connectivity index (χ3n) is 1.52. The summed E-state index contributed by atoms with van der Waals surface area (Å²) in [5.74, 6) is 4.50. The molecule has 68 valence electrons. The molecule has 0 unspecified atom stereocenters. The van der Waals surface area contributed by atoms with E-state index in [-0.39, 0.29) is 5.56 Å². The van der Waals surface area contributed by atoms with E-state index in [1.54, 1.807) is 18.2 Å². The maximum absolute atomic E-state index is 11.2. The minimum absolute atomic E-state index is 0.238. The third kappa shape index (κ3) is 1.85. The van der Waals surface area contributed by atoms with Gasteiger partial charge in [0.2, 0.25) is 0 Å². The van der Waals surface area contributed by atoms with Gasteiger partial charge in [0.1, 0.15) is 0 Å². The van der Waals surface area contributed by atoms with E-state index in [2.05, 4.69) is 11.7 Å². The minimum Gasteiger partial charge on any atom is -0.290 e. The molecule has 5 heteroatoms. The number of nitrogens with two attached hydrogens (primary N) is 1. The van der Waals surface area contributed by atoms with Crippen LogP contribution < -0.4 is 11.3 Å². The molecule has 0 aromatic heterocycles. The number of carbonyl (C=O) groups is 1. The van der Waals surface area contributed by atoms with Crippen molar-refractivity contribution in [2.75, 3.05) is 0 Å². The SMILES string of the molecule is C=Nc1cccc(Cl)c1C(=O)NN. The van der Waals surface area contributed by atoms with Crippen molar-refractivity contribution in [3.05, 3.63) is 28.8 Å². The van der Waals surface area contributed by atoms with Crippen molar-refractivity contribution in [1.82, 2.24) is 5.43 Å². The molecule has 0 aliphatic heterocycles. The number of nitrogen functional groups attached to an aromatic ring is 1. The van der Waals surface area contributed by atoms with Crippen LogP contribution in [0.25, 0.3) is 0 Å². The summed E-state index contributed by atoms with van der Waals surface area (Å²) in [6.45, 7) is 3.32. The van der Waals surface area contributed by atoms with Crippen molar-refractivity contribution >= 4 is 29.9 Å². The number of nitrogens with zero attached hydrogens (tertiary/aromatic N) is 1. The Morgan fingerprint density at radius 2 is 2.31 bits per heavy atom. The lowest BCUT2D eigenvalue weighted by Gasteiger charge is -2.04. The van der Waals surface area contributed by atoms with Crippen molar-refractivity contribution in [3.8, 4) is 0 Å². The van der Waals surface area contributed by atoms with E-state index in [0.29, 0.717) is 10.7 Å². The van der Waals surface area contributed by atoms with E-state index in [9.17, 15) is 4.79 Å². The molecule has 13 heavy (non-hydrogen) atoms. The highest BCUT2D eigenvalue weighted by Gasteiger charge is 2.12. The van der Waals surface area contributed by atoms with Gasteiger partial charge in [-0.15, -0.1) is 0 Å². The highest BCUT2D eigenvalue weighted by Crippen LogP contribution is 2.25. The molecule has 0 heterocycles. The molecule has 0 saturated heterocycles. The lowest BCUT2D eigenvalue weighted by molar-refractivity contribution is 0.0954. The molecule has 4 nitrogen and oxygen atoms in total. The highest BCUT2D eigenvalue weighted by atomic mass is 35.5. The molecule has 0 saturated carbocycles. The monoisotopic (exact) mass is 197 g/mol. The number of carbonyl (C=O) groups excluding carboxylic acids is 1. The number of amides is 1. The zero-order valence-corrected chi connectivity index (χ0v) is 7.51. The average Bonchev–Trinajstić information content (AvgIpc) is 2.16. The van der Waals surface area contributed by atoms with Crippen LogP contribution in [0.2, 0.25) is 5.02 Å². The van der Waals surface area contributed by atoms with Crippen LogP contribution in [0.15, 0.2) is 23.2 Å². The molecular weight excluding hydrogens is 190 g/mol. The Labute approximate surface area is 80.4 Å². The Balaban J connectivity index is 3.30. The molecule has 1 rings (SSSR count). The van der Waals surface area contributed by atoms with Crippen molar-refractivity contribution < 1.29 is 4.79 Å². The summed E-state index contributed by atoms with van der Waals surface area (Å²) >= 11 is 5.78. The molecule has 0 fully saturated rings. The maximum Gasteiger partial charge on any atom is 0.268 e. The molecule has 1 aromatic carbocycles. The van der Waals surface area contributed by atoms with Gasteiger partial charge in [-0.3, -0.25) is 15.2 Å². The summed E-state index contributed by atoms with van der Waals surface area (Å²) in [7, 11) is 0. The second-order valence-electron chi connectivity index (χ2n) is 2.27. The van der Waals surface area contributed by atoms with E-state index in [1.807, 2.05) is 5.43 Å². The second kappa shape index (κ2) is 4.02. The van der Waals surface area contributed by atoms with Gasteiger partial charge >= 0.3 is 0 Å². The summed E-state index contributed by atoms with van der Waals surface area (Å²) in [6.07, 6.45) is 0. The summed E-state index contributed by atoms with van der Waals surface area (Å²) in [5.41, 5.74) is 2.64. The van der Waals surface area contributed by atoms with Crippen molar-refractivity contribution in [2.45, 2.75) is 0 Å². The lowest BCUT2D eigenvalue weighted by Crippen LogP contribution is -2.30. The average molecular weight is 198 g/mol. The van der Waals surface area contributed by atoms with Gasteiger partial charge in [0.15, 0.2) is 0 Å². The Kier molecular flexibility index (Phi) is 3.00. The Bertz CT molecular complexity index is 351. The highest BCUT2D eigenvalue weighted by molar-refractivity contribution is 6.34. The smallest absolute Gasteiger partial charge is 0.268 e. The number of nitrogens with one attached hydrogen (secondary N) is 1. The largest absolute Gasteiger partial charge is 0.290 e. The fourth-order valence-electron chi connectivity index (χ4n) is 0.941. The molecule has 0 bridgehead atoms. The molecule has 1 aromatic rings. The summed E-state index contributed by atoms with van der Waals surface area (Å²) in [4.78, 5) is 14.9. The molecule has 0 atom stereocenters. The maximum atomic E-state index is 11.2. The summed E-state index contributed by atoms with van der Waals surface area (Å²) in [6, 6.07) is 4.89. The van der Waals surface area contributed by atoms with E-state index in [4.69, 9.17) is 17.4 Å². The van der Waals surface area contributed by atoms with E-state index < -0.39 is 5.91 Å². The van der Waals surface area contributed by atoms with Gasteiger partial charge in [0, 0.05) is 0 Å². The van der Waals surface area contributed by atoms with Crippen LogP contribution in [-0.2, 0) is 0 Å². The van der Waals surface area contributed by atoms with Crippen LogP contribution in [0.5, 0.6) is 0 Å². The van der Waals surface area contributed by atoms with Gasteiger partial charge in [-0.1, -0.05) is 17.7 Å². The molecule has 0 aliphatic rings. The zero-order valence-electron chi connectivity index (χ0n) is 6.75. The van der Waals surface area contributed by atoms with Crippen LogP contribution in [0.3, 0.4) is 0 Å². The topological polar surface area (TPSA) is 67.5 Å². The number of halogens is 1. The number of benzene rings is 1. The predicted molar refractivity (Wildman–Crippen MR) is 52.3 cm³/mol. The third-order valence-corrected chi connectivity index (χ3v) is 1.84. The molecule has 0 radical (unpaired) electrons. The van der Waals surface area contributed by atoms with Crippen molar-refractivity contribution in [1.29, 1.82) is 0 Å². The predicted octanol–water partition coefficient (Wildman–Crippen LogP) is 1.28. The van der Waals surface area contributed by atoms with Crippen LogP contribution in [0.4, 0.5) is 5.69 Å². The quantitative estimate of drug-likeness (QED) is 0.325. The van der Waals surface area contributed by atoms with Gasteiger partial charge in [-0.25, -0.2) is 5.84 Å². The molecule has 1 amide bonds. The first-order valence-electron chi connectivity index (χ1n) is 3.47. The molecule has 0 spiro atoms. The van der Waals surface area contributed by atoms with Gasteiger partial charge in [-0.05, 0) is 18.9 Å². The summed E-state index contributed by atoms with van der Waals surface area (Å²) < 4.78 is 0. The van der Waals surface area contributed by atoms with E-state index in [1.165, 1.54) is 0 Å². The number of hydrazine groups is 1. The molecule has 0 aliphatic carbocycles. The lowest BCUT2D eigenvalue weighted by atomic mass is 10.1. The van der Waals surface area contributed by atoms with E-state index in [0.717, 1.165) is 0 Å². The normalized spacial score (nSPS) is 9.38. The molecule has 3 N–H and O–H groups in total. The zero-order chi connectivity index (χ0) is 9.84. The number of hydrogen-bond acceptors (Lipinski definition) is 3. The van der Waals surface area contributed by atoms with Crippen molar-refractivity contribution in [3.63, 3.8) is 0 Å². The number of hydrogen-bond donors (Lipinski definition) is 2. The van der Waals surface area contributed by atoms with Crippen LogP contribution in [-0.4, -0.2) is 12.6 Å². The van der Waals surface area contributed by atoms with E-state index >= 15 is 0 Å². The van der Waals surface area contributed by atoms with Crippen LogP contribution in [0, 0.1) is 0 Å². The van der Waals surface area contributed by atoms with Crippen LogP contribution in [0.1, 0.15) is 10.4 Å². The second-order valence-corrected chi connectivity index (χ2v) is 2.67. The van der Waals surface area contributed by atoms with Crippen LogP contribution >= 0.6 is 11.6 Å². The standard InChI is InChI=1S/C8H8ClN3O/c1-11-6-4-2-3-5(9)7(6)8(13)12-10/h2-4H,1,10H2,(H,12,13). The Morgan fingerprint density at radius 1 is 1.62 bits per heavy atom. The van der Waals surface area contributed by atoms with Gasteiger partial charge in [0.25, 0.3) is 5.91 Å². The first-order valence-corrected chi connectivity index (χ1v) is 3.84.